The SMILES string of the molecule is COCC(CCO)NCc1cc(OC)cc(C)n1. The maximum Gasteiger partial charge on any atom is 0.122 e. The maximum atomic E-state index is 8.96. The fourth-order valence-electron chi connectivity index (χ4n) is 1.76. The summed E-state index contributed by atoms with van der Waals surface area (Å²) in [5, 5.41) is 12.3. The smallest absolute Gasteiger partial charge is 0.122 e. The van der Waals surface area contributed by atoms with E-state index in [2.05, 4.69) is 10.3 Å². The van der Waals surface area contributed by atoms with E-state index in [9.17, 15) is 0 Å². The number of pyridine rings is 1. The van der Waals surface area contributed by atoms with Crippen LogP contribution in [0, 0.1) is 6.92 Å². The molecule has 1 rings (SSSR count). The number of rotatable bonds is 8. The highest BCUT2D eigenvalue weighted by Gasteiger charge is 2.08. The predicted octanol–water partition coefficient (Wildman–Crippen LogP) is 0.886. The molecular formula is C13H22N2O3. The Balaban J connectivity index is 2.57. The first kappa shape index (κ1) is 14.9. The second-order valence-electron chi connectivity index (χ2n) is 4.19. The van der Waals surface area contributed by atoms with Crippen LogP contribution < -0.4 is 10.1 Å². The van der Waals surface area contributed by atoms with Crippen LogP contribution in [-0.4, -0.2) is 43.6 Å². The molecular weight excluding hydrogens is 232 g/mol. The third-order valence-electron chi connectivity index (χ3n) is 2.63. The number of aryl methyl sites for hydroxylation is 1. The molecule has 1 atom stereocenters. The molecule has 1 aromatic heterocycles. The van der Waals surface area contributed by atoms with Gasteiger partial charge < -0.3 is 19.9 Å². The first-order valence-electron chi connectivity index (χ1n) is 6.04. The Morgan fingerprint density at radius 3 is 2.78 bits per heavy atom. The average Bonchev–Trinajstić information content (AvgIpc) is 2.36. The molecule has 102 valence electrons. The molecule has 0 spiro atoms. The van der Waals surface area contributed by atoms with Crippen molar-refractivity contribution in [3.05, 3.63) is 23.5 Å². The van der Waals surface area contributed by atoms with Crippen molar-refractivity contribution in [2.45, 2.75) is 25.9 Å². The highest BCUT2D eigenvalue weighted by molar-refractivity contribution is 5.26. The second kappa shape index (κ2) is 8.02. The fraction of sp³-hybridized carbons (Fsp3) is 0.615. The van der Waals surface area contributed by atoms with Crippen molar-refractivity contribution in [3.63, 3.8) is 0 Å². The summed E-state index contributed by atoms with van der Waals surface area (Å²) in [6.45, 7) is 3.29. The molecule has 0 aromatic carbocycles. The van der Waals surface area contributed by atoms with Gasteiger partial charge in [0.25, 0.3) is 0 Å². The average molecular weight is 254 g/mol. The summed E-state index contributed by atoms with van der Waals surface area (Å²) >= 11 is 0. The van der Waals surface area contributed by atoms with Crippen molar-refractivity contribution in [1.29, 1.82) is 0 Å². The van der Waals surface area contributed by atoms with Crippen LogP contribution >= 0.6 is 0 Å². The fourth-order valence-corrected chi connectivity index (χ4v) is 1.76. The van der Waals surface area contributed by atoms with E-state index in [1.807, 2.05) is 19.1 Å². The van der Waals surface area contributed by atoms with Crippen LogP contribution in [0.25, 0.3) is 0 Å². The van der Waals surface area contributed by atoms with Gasteiger partial charge in [-0.15, -0.1) is 0 Å². The van der Waals surface area contributed by atoms with E-state index in [0.717, 1.165) is 17.1 Å². The van der Waals surface area contributed by atoms with Gasteiger partial charge in [-0.05, 0) is 13.3 Å². The second-order valence-corrected chi connectivity index (χ2v) is 4.19. The molecule has 0 bridgehead atoms. The topological polar surface area (TPSA) is 63.6 Å². The summed E-state index contributed by atoms with van der Waals surface area (Å²) in [4.78, 5) is 4.43. The molecule has 5 nitrogen and oxygen atoms in total. The Morgan fingerprint density at radius 1 is 1.39 bits per heavy atom. The molecule has 0 radical (unpaired) electrons. The van der Waals surface area contributed by atoms with Crippen LogP contribution in [0.15, 0.2) is 12.1 Å². The normalized spacial score (nSPS) is 12.4. The van der Waals surface area contributed by atoms with Gasteiger partial charge in [0.15, 0.2) is 0 Å². The van der Waals surface area contributed by atoms with Gasteiger partial charge in [0.2, 0.25) is 0 Å². The van der Waals surface area contributed by atoms with E-state index in [4.69, 9.17) is 14.6 Å². The van der Waals surface area contributed by atoms with Crippen molar-refractivity contribution in [2.24, 2.45) is 0 Å². The lowest BCUT2D eigenvalue weighted by molar-refractivity contribution is 0.148. The first-order valence-corrected chi connectivity index (χ1v) is 6.04. The summed E-state index contributed by atoms with van der Waals surface area (Å²) in [6.07, 6.45) is 0.663. The van der Waals surface area contributed by atoms with Crippen LogP contribution in [0.2, 0.25) is 0 Å². The van der Waals surface area contributed by atoms with Gasteiger partial charge in [-0.25, -0.2) is 0 Å². The number of aliphatic hydroxyl groups is 1. The first-order chi connectivity index (χ1) is 8.69. The molecule has 2 N–H and O–H groups in total. The van der Waals surface area contributed by atoms with Crippen molar-refractivity contribution in [2.75, 3.05) is 27.4 Å². The maximum absolute atomic E-state index is 8.96. The van der Waals surface area contributed by atoms with Crippen molar-refractivity contribution < 1.29 is 14.6 Å². The molecule has 1 heterocycles. The molecule has 0 amide bonds. The lowest BCUT2D eigenvalue weighted by Crippen LogP contribution is -2.33. The summed E-state index contributed by atoms with van der Waals surface area (Å²) in [5.74, 6) is 0.810. The monoisotopic (exact) mass is 254 g/mol. The molecule has 0 aliphatic carbocycles. The Labute approximate surface area is 108 Å². The third kappa shape index (κ3) is 5.00. The summed E-state index contributed by atoms with van der Waals surface area (Å²) in [6, 6.07) is 3.93. The Bertz CT molecular complexity index is 352. The Hall–Kier alpha value is -1.17. The van der Waals surface area contributed by atoms with Crippen molar-refractivity contribution in [3.8, 4) is 5.75 Å². The van der Waals surface area contributed by atoms with Gasteiger partial charge in [-0.2, -0.15) is 0 Å². The van der Waals surface area contributed by atoms with Crippen LogP contribution in [-0.2, 0) is 11.3 Å². The van der Waals surface area contributed by atoms with E-state index in [1.54, 1.807) is 14.2 Å². The Kier molecular flexibility index (Phi) is 6.64. The minimum Gasteiger partial charge on any atom is -0.497 e. The highest BCUT2D eigenvalue weighted by atomic mass is 16.5. The molecule has 18 heavy (non-hydrogen) atoms. The van der Waals surface area contributed by atoms with Crippen molar-refractivity contribution in [1.82, 2.24) is 10.3 Å². The van der Waals surface area contributed by atoms with Crippen LogP contribution in [0.1, 0.15) is 17.8 Å². The van der Waals surface area contributed by atoms with Gasteiger partial charge in [0.1, 0.15) is 5.75 Å². The molecule has 0 aliphatic rings. The summed E-state index contributed by atoms with van der Waals surface area (Å²) in [5.41, 5.74) is 1.85. The number of aromatic nitrogens is 1. The number of ether oxygens (including phenoxy) is 2. The zero-order valence-corrected chi connectivity index (χ0v) is 11.3. The van der Waals surface area contributed by atoms with Gasteiger partial charge in [0, 0.05) is 44.1 Å². The summed E-state index contributed by atoms with van der Waals surface area (Å²) < 4.78 is 10.3. The summed E-state index contributed by atoms with van der Waals surface area (Å²) in [7, 11) is 3.30. The van der Waals surface area contributed by atoms with E-state index in [1.165, 1.54) is 0 Å². The van der Waals surface area contributed by atoms with E-state index >= 15 is 0 Å². The minimum absolute atomic E-state index is 0.133. The van der Waals surface area contributed by atoms with E-state index < -0.39 is 0 Å². The number of hydrogen-bond acceptors (Lipinski definition) is 5. The van der Waals surface area contributed by atoms with Gasteiger partial charge >= 0.3 is 0 Å². The van der Waals surface area contributed by atoms with Crippen LogP contribution in [0.5, 0.6) is 5.75 Å². The van der Waals surface area contributed by atoms with Gasteiger partial charge in [-0.3, -0.25) is 4.98 Å². The molecule has 0 aliphatic heterocycles. The number of nitrogens with zero attached hydrogens (tertiary/aromatic N) is 1. The highest BCUT2D eigenvalue weighted by Crippen LogP contribution is 2.13. The van der Waals surface area contributed by atoms with Gasteiger partial charge in [-0.1, -0.05) is 0 Å². The van der Waals surface area contributed by atoms with Crippen LogP contribution in [0.3, 0.4) is 0 Å². The minimum atomic E-state index is 0.133. The quantitative estimate of drug-likeness (QED) is 0.721. The predicted molar refractivity (Wildman–Crippen MR) is 69.7 cm³/mol. The van der Waals surface area contributed by atoms with E-state index in [0.29, 0.717) is 19.6 Å². The number of nitrogens with one attached hydrogen (secondary N) is 1. The zero-order chi connectivity index (χ0) is 13.4. The Morgan fingerprint density at radius 2 is 2.17 bits per heavy atom. The van der Waals surface area contributed by atoms with Gasteiger partial charge in [0.05, 0.1) is 19.4 Å². The zero-order valence-electron chi connectivity index (χ0n) is 11.3. The molecule has 0 saturated heterocycles. The number of hydrogen-bond donors (Lipinski definition) is 2. The van der Waals surface area contributed by atoms with Crippen LogP contribution in [0.4, 0.5) is 0 Å². The number of aliphatic hydroxyl groups excluding tert-OH is 1. The van der Waals surface area contributed by atoms with E-state index in [-0.39, 0.29) is 12.6 Å². The molecule has 0 fully saturated rings. The molecule has 1 aromatic rings. The lowest BCUT2D eigenvalue weighted by Gasteiger charge is -2.16. The molecule has 0 saturated carbocycles. The largest absolute Gasteiger partial charge is 0.497 e. The molecule has 5 heteroatoms. The third-order valence-corrected chi connectivity index (χ3v) is 2.63. The molecule has 1 unspecified atom stereocenters. The standard InChI is InChI=1S/C13H22N2O3/c1-10-6-13(18-3)7-12(15-10)8-14-11(4-5-16)9-17-2/h6-7,11,14,16H,4-5,8-9H2,1-3H3. The lowest BCUT2D eigenvalue weighted by atomic mass is 10.2. The van der Waals surface area contributed by atoms with Crippen molar-refractivity contribution >= 4 is 0 Å². The number of methoxy groups -OCH3 is 2.